The average Bonchev–Trinajstić information content (AvgIpc) is 3.73. The molecule has 6 rings (SSSR count). The summed E-state index contributed by atoms with van der Waals surface area (Å²) in [5.41, 5.74) is -1.55. The van der Waals surface area contributed by atoms with E-state index in [1.165, 1.54) is 0 Å². The SMILES string of the molecule is CC[C@@H]1C[C@H](N(Cc2cc(C(F)(F)F)cc(C(F)(F)F)c2)c2ncc(-c3cnn(C)c3)cn2)CN1c1nc(N2CCC(OC)CC2)ncc1Cl. The zero-order chi connectivity index (χ0) is 35.8. The van der Waals surface area contributed by atoms with Crippen molar-refractivity contribution in [2.75, 3.05) is 41.4 Å². The predicted octanol–water partition coefficient (Wildman–Crippen LogP) is 7.04. The van der Waals surface area contributed by atoms with Crippen LogP contribution in [0, 0.1) is 0 Å². The largest absolute Gasteiger partial charge is 0.416 e. The van der Waals surface area contributed by atoms with Crippen LogP contribution in [0.4, 0.5) is 44.1 Å². The fourth-order valence-corrected chi connectivity index (χ4v) is 6.82. The summed E-state index contributed by atoms with van der Waals surface area (Å²) in [6, 6.07) is 1.08. The van der Waals surface area contributed by atoms with E-state index in [1.807, 2.05) is 11.8 Å². The summed E-state index contributed by atoms with van der Waals surface area (Å²) >= 11 is 6.69. The highest BCUT2D eigenvalue weighted by molar-refractivity contribution is 6.32. The molecular weight excluding hydrogens is 688 g/mol. The van der Waals surface area contributed by atoms with Crippen LogP contribution < -0.4 is 14.7 Å². The van der Waals surface area contributed by atoms with Gasteiger partial charge in [-0.1, -0.05) is 18.5 Å². The fraction of sp³-hybridized carbons (Fsp3) is 0.485. The van der Waals surface area contributed by atoms with Crippen molar-refractivity contribution in [1.82, 2.24) is 29.7 Å². The van der Waals surface area contributed by atoms with Crippen LogP contribution >= 0.6 is 11.6 Å². The Hall–Kier alpha value is -4.18. The number of halogens is 7. The van der Waals surface area contributed by atoms with E-state index in [4.69, 9.17) is 21.3 Å². The summed E-state index contributed by atoms with van der Waals surface area (Å²) in [5.74, 6) is 1.18. The van der Waals surface area contributed by atoms with Gasteiger partial charge in [-0.3, -0.25) is 4.68 Å². The minimum Gasteiger partial charge on any atom is -0.381 e. The smallest absolute Gasteiger partial charge is 0.381 e. The van der Waals surface area contributed by atoms with Crippen LogP contribution in [0.15, 0.2) is 49.2 Å². The standard InChI is InChI=1S/C33H36ClF6N9O/c1-4-25-12-26(19-48(25)29-28(34)16-43-31(45-29)47-7-5-27(50-3)6-8-47)49(30-41-13-21(14-42-30)22-15-44-46(2)18-22)17-20-9-23(32(35,36)37)11-24(10-20)33(38,39)40/h9-11,13-16,18,25-27H,4-8,12,17,19H2,1-3H3/t25-,26+/m1/s1. The van der Waals surface area contributed by atoms with Crippen LogP contribution in [0.25, 0.3) is 11.1 Å². The van der Waals surface area contributed by atoms with E-state index in [9.17, 15) is 26.3 Å². The summed E-state index contributed by atoms with van der Waals surface area (Å²) < 4.78 is 90.1. The van der Waals surface area contributed by atoms with Crippen LogP contribution in [-0.2, 0) is 30.7 Å². The van der Waals surface area contributed by atoms with Gasteiger partial charge in [0.05, 0.1) is 35.7 Å². The summed E-state index contributed by atoms with van der Waals surface area (Å²) in [7, 11) is 3.45. The van der Waals surface area contributed by atoms with Gasteiger partial charge in [0.15, 0.2) is 5.82 Å². The van der Waals surface area contributed by atoms with Gasteiger partial charge in [-0.05, 0) is 49.4 Å². The summed E-state index contributed by atoms with van der Waals surface area (Å²) in [6.45, 7) is 3.40. The number of methoxy groups -OCH3 is 1. The Morgan fingerprint density at radius 3 is 2.14 bits per heavy atom. The van der Waals surface area contributed by atoms with Crippen LogP contribution in [0.2, 0.25) is 5.02 Å². The molecule has 2 atom stereocenters. The number of piperidine rings is 1. The van der Waals surface area contributed by atoms with Crippen molar-refractivity contribution < 1.29 is 31.1 Å². The topological polar surface area (TPSA) is 88.3 Å². The molecule has 17 heteroatoms. The molecule has 50 heavy (non-hydrogen) atoms. The first-order chi connectivity index (χ1) is 23.7. The van der Waals surface area contributed by atoms with Crippen LogP contribution in [0.1, 0.15) is 49.3 Å². The molecule has 0 radical (unpaired) electrons. The molecule has 0 saturated carbocycles. The quantitative estimate of drug-likeness (QED) is 0.169. The number of hydrogen-bond acceptors (Lipinski definition) is 9. The molecule has 0 unspecified atom stereocenters. The second kappa shape index (κ2) is 14.2. The van der Waals surface area contributed by atoms with Crippen LogP contribution in [0.5, 0.6) is 0 Å². The van der Waals surface area contributed by atoms with Gasteiger partial charge in [-0.2, -0.15) is 36.4 Å². The number of nitrogens with zero attached hydrogens (tertiary/aromatic N) is 9. The highest BCUT2D eigenvalue weighted by Gasteiger charge is 2.40. The van der Waals surface area contributed by atoms with Crippen molar-refractivity contribution in [1.29, 1.82) is 0 Å². The molecule has 4 aromatic rings. The maximum Gasteiger partial charge on any atom is 0.416 e. The van der Waals surface area contributed by atoms with Crippen molar-refractivity contribution in [2.45, 2.75) is 69.7 Å². The normalized spacial score (nSPS) is 19.0. The number of hydrogen-bond donors (Lipinski definition) is 0. The van der Waals surface area contributed by atoms with Crippen LogP contribution in [0.3, 0.4) is 0 Å². The zero-order valence-electron chi connectivity index (χ0n) is 27.6. The number of aromatic nitrogens is 6. The Labute approximate surface area is 290 Å². The number of benzene rings is 1. The number of ether oxygens (including phenoxy) is 1. The molecule has 268 valence electrons. The molecule has 2 aliphatic rings. The molecule has 0 N–H and O–H groups in total. The zero-order valence-corrected chi connectivity index (χ0v) is 28.3. The van der Waals surface area contributed by atoms with Crippen LogP contribution in [-0.4, -0.2) is 74.6 Å². The van der Waals surface area contributed by atoms with Gasteiger partial charge < -0.3 is 19.4 Å². The van der Waals surface area contributed by atoms with Crippen molar-refractivity contribution in [2.24, 2.45) is 7.05 Å². The lowest BCUT2D eigenvalue weighted by Gasteiger charge is -2.32. The van der Waals surface area contributed by atoms with Gasteiger partial charge in [-0.25, -0.2) is 15.0 Å². The highest BCUT2D eigenvalue weighted by atomic mass is 35.5. The highest BCUT2D eigenvalue weighted by Crippen LogP contribution is 2.39. The van der Waals surface area contributed by atoms with Crippen molar-refractivity contribution >= 4 is 29.3 Å². The predicted molar refractivity (Wildman–Crippen MR) is 176 cm³/mol. The Kier molecular flexibility index (Phi) is 10.1. The van der Waals surface area contributed by atoms with Crippen molar-refractivity contribution in [3.8, 4) is 11.1 Å². The molecule has 10 nitrogen and oxygen atoms in total. The van der Waals surface area contributed by atoms with Gasteiger partial charge in [-0.15, -0.1) is 0 Å². The van der Waals surface area contributed by atoms with Crippen molar-refractivity contribution in [3.63, 3.8) is 0 Å². The molecule has 2 aliphatic heterocycles. The third-order valence-electron chi connectivity index (χ3n) is 9.28. The first-order valence-electron chi connectivity index (χ1n) is 16.2. The maximum absolute atomic E-state index is 13.8. The van der Waals surface area contributed by atoms with E-state index in [0.717, 1.165) is 30.5 Å². The summed E-state index contributed by atoms with van der Waals surface area (Å²) in [6.07, 6.45) is 1.08. The molecule has 2 saturated heterocycles. The van der Waals surface area contributed by atoms with Gasteiger partial charge in [0.25, 0.3) is 0 Å². The van der Waals surface area contributed by atoms with Gasteiger partial charge >= 0.3 is 12.4 Å². The van der Waals surface area contributed by atoms with E-state index < -0.39 is 29.5 Å². The Balaban J connectivity index is 1.35. The molecule has 0 amide bonds. The number of anilines is 3. The molecule has 1 aromatic carbocycles. The van der Waals surface area contributed by atoms with Crippen molar-refractivity contribution in [3.05, 3.63) is 70.9 Å². The molecule has 5 heterocycles. The first-order valence-corrected chi connectivity index (χ1v) is 16.5. The number of aryl methyl sites for hydroxylation is 1. The minimum atomic E-state index is -4.99. The molecule has 0 aliphatic carbocycles. The maximum atomic E-state index is 13.8. The van der Waals surface area contributed by atoms with E-state index >= 15 is 0 Å². The number of rotatable bonds is 9. The summed E-state index contributed by atoms with van der Waals surface area (Å²) in [4.78, 5) is 24.2. The average molecular weight is 724 g/mol. The van der Waals surface area contributed by atoms with Gasteiger partial charge in [0, 0.05) is 76.1 Å². The number of alkyl halides is 6. The second-order valence-corrected chi connectivity index (χ2v) is 13.0. The van der Waals surface area contributed by atoms with E-state index in [-0.39, 0.29) is 36.3 Å². The lowest BCUT2D eigenvalue weighted by molar-refractivity contribution is -0.143. The molecular formula is C33H36ClF6N9O. The van der Waals surface area contributed by atoms with E-state index in [2.05, 4.69) is 25.0 Å². The third kappa shape index (κ3) is 7.75. The monoisotopic (exact) mass is 723 g/mol. The molecule has 3 aromatic heterocycles. The lowest BCUT2D eigenvalue weighted by Crippen LogP contribution is -2.39. The lowest BCUT2D eigenvalue weighted by atomic mass is 10.0. The summed E-state index contributed by atoms with van der Waals surface area (Å²) in [5, 5.41) is 4.49. The molecule has 2 fully saturated rings. The molecule has 0 spiro atoms. The van der Waals surface area contributed by atoms with Gasteiger partial charge in [0.2, 0.25) is 11.9 Å². The minimum absolute atomic E-state index is 0.108. The Bertz CT molecular complexity index is 1740. The van der Waals surface area contributed by atoms with E-state index in [0.29, 0.717) is 54.8 Å². The second-order valence-electron chi connectivity index (χ2n) is 12.6. The van der Waals surface area contributed by atoms with Gasteiger partial charge in [0.1, 0.15) is 5.02 Å². The Morgan fingerprint density at radius 2 is 1.58 bits per heavy atom. The molecule has 0 bridgehead atoms. The van der Waals surface area contributed by atoms with E-state index in [1.54, 1.807) is 54.7 Å². The third-order valence-corrected chi connectivity index (χ3v) is 9.55. The first kappa shape index (κ1) is 35.6. The Morgan fingerprint density at radius 1 is 0.920 bits per heavy atom. The fourth-order valence-electron chi connectivity index (χ4n) is 6.62.